The smallest absolute Gasteiger partial charge is 0.227 e. The van der Waals surface area contributed by atoms with E-state index in [-0.39, 0.29) is 11.8 Å². The lowest BCUT2D eigenvalue weighted by Gasteiger charge is -2.20. The first-order valence-electron chi connectivity index (χ1n) is 10.9. The Morgan fingerprint density at radius 3 is 2.69 bits per heavy atom. The second kappa shape index (κ2) is 8.40. The summed E-state index contributed by atoms with van der Waals surface area (Å²) in [5, 5.41) is 0. The number of para-hydroxylation sites is 2. The van der Waals surface area contributed by atoms with E-state index >= 15 is 0 Å². The maximum absolute atomic E-state index is 12.9. The number of amides is 1. The Balaban J connectivity index is 1.63. The molecule has 1 atom stereocenters. The number of carbonyl (C=O) groups excluding carboxylic acids is 1. The van der Waals surface area contributed by atoms with Gasteiger partial charge in [0, 0.05) is 31.1 Å². The highest BCUT2D eigenvalue weighted by molar-refractivity contribution is 5.97. The van der Waals surface area contributed by atoms with Crippen molar-refractivity contribution in [1.29, 1.82) is 0 Å². The fraction of sp³-hybridized carbons (Fsp3) is 0.440. The van der Waals surface area contributed by atoms with Gasteiger partial charge in [-0.2, -0.15) is 0 Å². The number of fused-ring (bicyclic) bond motifs is 1. The summed E-state index contributed by atoms with van der Waals surface area (Å²) >= 11 is 0. The van der Waals surface area contributed by atoms with Crippen molar-refractivity contribution in [2.75, 3.05) is 11.4 Å². The number of unbranched alkanes of at least 4 members (excludes halogenated alkanes) is 3. The van der Waals surface area contributed by atoms with E-state index in [1.165, 1.54) is 30.3 Å². The van der Waals surface area contributed by atoms with Gasteiger partial charge in [0.2, 0.25) is 5.91 Å². The molecule has 4 rings (SSSR count). The number of imidazole rings is 1. The number of carbonyl (C=O) groups is 1. The number of aromatic nitrogens is 2. The van der Waals surface area contributed by atoms with Gasteiger partial charge in [-0.15, -0.1) is 0 Å². The number of benzene rings is 2. The number of hydrogen-bond donors (Lipinski definition) is 0. The Morgan fingerprint density at radius 2 is 1.90 bits per heavy atom. The van der Waals surface area contributed by atoms with E-state index in [0.717, 1.165) is 35.6 Å². The van der Waals surface area contributed by atoms with Crippen LogP contribution in [0.5, 0.6) is 0 Å². The molecule has 1 aliphatic heterocycles. The summed E-state index contributed by atoms with van der Waals surface area (Å²) in [6.07, 6.45) is 5.43. The third-order valence-electron chi connectivity index (χ3n) is 6.05. The van der Waals surface area contributed by atoms with E-state index in [9.17, 15) is 4.79 Å². The minimum absolute atomic E-state index is 0.141. The molecule has 4 nitrogen and oxygen atoms in total. The van der Waals surface area contributed by atoms with Gasteiger partial charge in [-0.05, 0) is 44.0 Å². The molecule has 1 fully saturated rings. The average Bonchev–Trinajstić information content (AvgIpc) is 3.26. The molecule has 2 aromatic carbocycles. The third-order valence-corrected chi connectivity index (χ3v) is 6.05. The number of anilines is 1. The predicted octanol–water partition coefficient (Wildman–Crippen LogP) is 5.75. The molecule has 29 heavy (non-hydrogen) atoms. The van der Waals surface area contributed by atoms with Crippen LogP contribution >= 0.6 is 0 Å². The summed E-state index contributed by atoms with van der Waals surface area (Å²) in [5.41, 5.74) is 5.65. The van der Waals surface area contributed by atoms with Gasteiger partial charge >= 0.3 is 0 Å². The number of hydrogen-bond acceptors (Lipinski definition) is 2. The van der Waals surface area contributed by atoms with Crippen LogP contribution in [0.1, 0.15) is 61.9 Å². The first kappa shape index (κ1) is 19.7. The van der Waals surface area contributed by atoms with Crippen molar-refractivity contribution in [1.82, 2.24) is 9.55 Å². The Hall–Kier alpha value is -2.62. The zero-order chi connectivity index (χ0) is 20.4. The monoisotopic (exact) mass is 389 g/mol. The van der Waals surface area contributed by atoms with E-state index < -0.39 is 0 Å². The standard InChI is InChI=1S/C25H31N3O/c1-4-5-6-9-14-27-23-11-8-7-10-21(23)26-25(27)20-16-24(29)28(17-20)22-13-12-18(2)15-19(22)3/h7-8,10-13,15,20H,4-6,9,14,16-17H2,1-3H3. The maximum Gasteiger partial charge on any atom is 0.227 e. The number of rotatable bonds is 7. The fourth-order valence-corrected chi connectivity index (χ4v) is 4.56. The van der Waals surface area contributed by atoms with Gasteiger partial charge in [0.15, 0.2) is 0 Å². The minimum atomic E-state index is 0.141. The Kier molecular flexibility index (Phi) is 5.70. The number of nitrogens with zero attached hydrogens (tertiary/aromatic N) is 3. The van der Waals surface area contributed by atoms with Crippen molar-refractivity contribution in [3.8, 4) is 0 Å². The van der Waals surface area contributed by atoms with Gasteiger partial charge in [0.1, 0.15) is 5.82 Å². The number of aryl methyl sites for hydroxylation is 3. The molecule has 0 saturated carbocycles. The van der Waals surface area contributed by atoms with E-state index in [4.69, 9.17) is 4.98 Å². The van der Waals surface area contributed by atoms with Gasteiger partial charge in [-0.25, -0.2) is 4.98 Å². The van der Waals surface area contributed by atoms with Crippen LogP contribution in [0.2, 0.25) is 0 Å². The summed E-state index contributed by atoms with van der Waals surface area (Å²) in [6.45, 7) is 8.10. The lowest BCUT2D eigenvalue weighted by molar-refractivity contribution is -0.117. The molecule has 1 saturated heterocycles. The largest absolute Gasteiger partial charge is 0.328 e. The predicted molar refractivity (Wildman–Crippen MR) is 120 cm³/mol. The maximum atomic E-state index is 12.9. The van der Waals surface area contributed by atoms with E-state index in [2.05, 4.69) is 61.7 Å². The molecule has 0 N–H and O–H groups in total. The van der Waals surface area contributed by atoms with Crippen LogP contribution in [0.4, 0.5) is 5.69 Å². The minimum Gasteiger partial charge on any atom is -0.328 e. The van der Waals surface area contributed by atoms with Gasteiger partial charge < -0.3 is 9.47 Å². The topological polar surface area (TPSA) is 38.1 Å². The second-order valence-electron chi connectivity index (χ2n) is 8.37. The van der Waals surface area contributed by atoms with Crippen LogP contribution < -0.4 is 4.90 Å². The van der Waals surface area contributed by atoms with Crippen LogP contribution in [-0.2, 0) is 11.3 Å². The Morgan fingerprint density at radius 1 is 1.07 bits per heavy atom. The molecule has 3 aromatic rings. The highest BCUT2D eigenvalue weighted by atomic mass is 16.2. The van der Waals surface area contributed by atoms with Gasteiger partial charge in [-0.3, -0.25) is 4.79 Å². The second-order valence-corrected chi connectivity index (χ2v) is 8.37. The molecule has 0 aliphatic carbocycles. The van der Waals surface area contributed by atoms with Gasteiger partial charge in [0.05, 0.1) is 11.0 Å². The first-order chi connectivity index (χ1) is 14.1. The molecule has 0 radical (unpaired) electrons. The molecule has 1 aliphatic rings. The van der Waals surface area contributed by atoms with Crippen LogP contribution in [0, 0.1) is 13.8 Å². The lowest BCUT2D eigenvalue weighted by atomic mass is 10.1. The van der Waals surface area contributed by atoms with E-state index in [1.54, 1.807) is 0 Å². The molecule has 1 unspecified atom stereocenters. The lowest BCUT2D eigenvalue weighted by Crippen LogP contribution is -2.25. The van der Waals surface area contributed by atoms with E-state index in [0.29, 0.717) is 13.0 Å². The van der Waals surface area contributed by atoms with Crippen LogP contribution in [0.3, 0.4) is 0 Å². The molecule has 0 bridgehead atoms. The van der Waals surface area contributed by atoms with Crippen molar-refractivity contribution in [2.24, 2.45) is 0 Å². The molecule has 1 aromatic heterocycles. The summed E-state index contributed by atoms with van der Waals surface area (Å²) in [7, 11) is 0. The zero-order valence-corrected chi connectivity index (χ0v) is 17.8. The molecular weight excluding hydrogens is 358 g/mol. The molecule has 1 amide bonds. The molecular formula is C25H31N3O. The average molecular weight is 390 g/mol. The first-order valence-corrected chi connectivity index (χ1v) is 10.9. The van der Waals surface area contributed by atoms with E-state index in [1.807, 2.05) is 11.0 Å². The highest BCUT2D eigenvalue weighted by Gasteiger charge is 2.35. The molecule has 4 heteroatoms. The molecule has 2 heterocycles. The Bertz CT molecular complexity index is 1020. The van der Waals surface area contributed by atoms with Crippen molar-refractivity contribution in [2.45, 2.75) is 65.3 Å². The van der Waals surface area contributed by atoms with Crippen molar-refractivity contribution < 1.29 is 4.79 Å². The molecule has 0 spiro atoms. The van der Waals surface area contributed by atoms with Gasteiger partial charge in [-0.1, -0.05) is 56.0 Å². The summed E-state index contributed by atoms with van der Waals surface area (Å²) in [4.78, 5) is 19.8. The molecule has 152 valence electrons. The quantitative estimate of drug-likeness (QED) is 0.482. The van der Waals surface area contributed by atoms with Crippen molar-refractivity contribution in [3.63, 3.8) is 0 Å². The highest BCUT2D eigenvalue weighted by Crippen LogP contribution is 2.34. The zero-order valence-electron chi connectivity index (χ0n) is 17.8. The van der Waals surface area contributed by atoms with Crippen molar-refractivity contribution in [3.05, 3.63) is 59.4 Å². The van der Waals surface area contributed by atoms with Crippen LogP contribution in [-0.4, -0.2) is 22.0 Å². The summed E-state index contributed by atoms with van der Waals surface area (Å²) < 4.78 is 2.37. The van der Waals surface area contributed by atoms with Crippen LogP contribution in [0.25, 0.3) is 11.0 Å². The van der Waals surface area contributed by atoms with Crippen molar-refractivity contribution >= 4 is 22.6 Å². The summed E-state index contributed by atoms with van der Waals surface area (Å²) in [5.74, 6) is 1.41. The van der Waals surface area contributed by atoms with Gasteiger partial charge in [0.25, 0.3) is 0 Å². The normalized spacial score (nSPS) is 16.9. The summed E-state index contributed by atoms with van der Waals surface area (Å²) in [6, 6.07) is 14.7. The van der Waals surface area contributed by atoms with Crippen LogP contribution in [0.15, 0.2) is 42.5 Å². The Labute approximate surface area is 173 Å². The third kappa shape index (κ3) is 3.93. The SMILES string of the molecule is CCCCCCn1c(C2CC(=O)N(c3ccc(C)cc3C)C2)nc2ccccc21. The fourth-order valence-electron chi connectivity index (χ4n) is 4.56.